The lowest BCUT2D eigenvalue weighted by atomic mass is 10.3. The first-order valence-corrected chi connectivity index (χ1v) is 5.54. The molecule has 0 bridgehead atoms. The van der Waals surface area contributed by atoms with Gasteiger partial charge in [-0.25, -0.2) is 0 Å². The highest BCUT2D eigenvalue weighted by atomic mass is 35.5. The van der Waals surface area contributed by atoms with E-state index in [4.69, 9.17) is 11.6 Å². The Morgan fingerprint density at radius 1 is 1.23 bits per heavy atom. The monoisotopic (exact) mass is 212 g/mol. The average Bonchev–Trinajstić information content (AvgIpc) is 2.15. The number of rotatable bonds is 3. The van der Waals surface area contributed by atoms with Gasteiger partial charge in [-0.05, 0) is 26.0 Å². The second-order valence-corrected chi connectivity index (χ2v) is 4.41. The summed E-state index contributed by atoms with van der Waals surface area (Å²) in [6.45, 7) is 4.18. The Balaban J connectivity index is 2.74. The Labute approximate surface area is 89.0 Å². The van der Waals surface area contributed by atoms with Crippen molar-refractivity contribution in [2.24, 2.45) is 0 Å². The van der Waals surface area contributed by atoms with Gasteiger partial charge in [0.25, 0.3) is 0 Å². The summed E-state index contributed by atoms with van der Waals surface area (Å²) in [5.41, 5.74) is 1.30. The number of halogens is 1. The average molecular weight is 213 g/mol. The first kappa shape index (κ1) is 10.7. The van der Waals surface area contributed by atoms with E-state index in [0.29, 0.717) is 5.88 Å². The van der Waals surface area contributed by atoms with Crippen LogP contribution in [0.2, 0.25) is 0 Å². The molecule has 70 valence electrons. The first-order valence-electron chi connectivity index (χ1n) is 4.19. The molecule has 0 nitrogen and oxygen atoms in total. The third-order valence-corrected chi connectivity index (χ3v) is 3.40. The Morgan fingerprint density at radius 2 is 1.85 bits per heavy atom. The normalized spacial score (nSPS) is 9.77. The quantitative estimate of drug-likeness (QED) is 0.532. The third-order valence-electron chi connectivity index (χ3n) is 1.66. The highest BCUT2D eigenvalue weighted by molar-refractivity contribution is 8.03. The largest absolute Gasteiger partial charge is 0.121 e. The van der Waals surface area contributed by atoms with Crippen molar-refractivity contribution in [1.82, 2.24) is 0 Å². The molecule has 0 N–H and O–H groups in total. The van der Waals surface area contributed by atoms with Gasteiger partial charge in [-0.15, -0.1) is 11.6 Å². The molecule has 0 spiro atoms. The Bertz CT molecular complexity index is 286. The minimum atomic E-state index is 0.599. The van der Waals surface area contributed by atoms with Gasteiger partial charge in [-0.2, -0.15) is 0 Å². The Kier molecular flexibility index (Phi) is 4.40. The zero-order valence-corrected chi connectivity index (χ0v) is 9.45. The second-order valence-electron chi connectivity index (χ2n) is 2.97. The molecule has 13 heavy (non-hydrogen) atoms. The molecule has 0 atom stereocenters. The predicted octanol–water partition coefficient (Wildman–Crippen LogP) is 4.31. The van der Waals surface area contributed by atoms with Crippen molar-refractivity contribution in [2.45, 2.75) is 18.7 Å². The molecule has 1 aromatic carbocycles. The molecule has 1 aromatic rings. The van der Waals surface area contributed by atoms with Crippen molar-refractivity contribution >= 4 is 23.4 Å². The number of thioether (sulfide) groups is 1. The molecule has 0 unspecified atom stereocenters. The summed E-state index contributed by atoms with van der Waals surface area (Å²) < 4.78 is 0. The van der Waals surface area contributed by atoms with E-state index in [1.165, 1.54) is 15.4 Å². The van der Waals surface area contributed by atoms with Gasteiger partial charge in [0.2, 0.25) is 0 Å². The van der Waals surface area contributed by atoms with E-state index < -0.39 is 0 Å². The fourth-order valence-electron chi connectivity index (χ4n) is 0.894. The van der Waals surface area contributed by atoms with Crippen LogP contribution in [0.15, 0.2) is 45.7 Å². The van der Waals surface area contributed by atoms with Crippen LogP contribution in [0.1, 0.15) is 13.8 Å². The van der Waals surface area contributed by atoms with E-state index >= 15 is 0 Å². The molecule has 0 fully saturated rings. The summed E-state index contributed by atoms with van der Waals surface area (Å²) in [5, 5.41) is 0. The SMILES string of the molecule is CC(C)=C(CCl)Sc1ccccc1. The molecule has 1 rings (SSSR count). The van der Waals surface area contributed by atoms with E-state index in [1.807, 2.05) is 18.2 Å². The van der Waals surface area contributed by atoms with E-state index in [1.54, 1.807) is 11.8 Å². The lowest BCUT2D eigenvalue weighted by Crippen LogP contribution is -1.82. The smallest absolute Gasteiger partial charge is 0.0536 e. The summed E-state index contributed by atoms with van der Waals surface area (Å²) in [7, 11) is 0. The highest BCUT2D eigenvalue weighted by Crippen LogP contribution is 2.29. The molecule has 2 heteroatoms. The van der Waals surface area contributed by atoms with Crippen LogP contribution >= 0.6 is 23.4 Å². The molecule has 0 saturated heterocycles. The fourth-order valence-corrected chi connectivity index (χ4v) is 2.16. The van der Waals surface area contributed by atoms with Crippen molar-refractivity contribution in [3.63, 3.8) is 0 Å². The van der Waals surface area contributed by atoms with Crippen molar-refractivity contribution < 1.29 is 0 Å². The van der Waals surface area contributed by atoms with Gasteiger partial charge in [0.15, 0.2) is 0 Å². The van der Waals surface area contributed by atoms with Crippen LogP contribution in [0, 0.1) is 0 Å². The maximum absolute atomic E-state index is 5.83. The van der Waals surface area contributed by atoms with Gasteiger partial charge in [0.05, 0.1) is 5.88 Å². The first-order chi connectivity index (χ1) is 6.24. The molecular weight excluding hydrogens is 200 g/mol. The van der Waals surface area contributed by atoms with Crippen LogP contribution in [0.5, 0.6) is 0 Å². The summed E-state index contributed by atoms with van der Waals surface area (Å²) in [6, 6.07) is 10.3. The van der Waals surface area contributed by atoms with Crippen LogP contribution in [0.3, 0.4) is 0 Å². The van der Waals surface area contributed by atoms with Gasteiger partial charge in [0.1, 0.15) is 0 Å². The van der Waals surface area contributed by atoms with Gasteiger partial charge in [-0.1, -0.05) is 35.5 Å². The zero-order chi connectivity index (χ0) is 9.68. The van der Waals surface area contributed by atoms with Crippen LogP contribution < -0.4 is 0 Å². The summed E-state index contributed by atoms with van der Waals surface area (Å²) in [6.07, 6.45) is 0. The van der Waals surface area contributed by atoms with Crippen molar-refractivity contribution in [3.05, 3.63) is 40.8 Å². The summed E-state index contributed by atoms with van der Waals surface area (Å²) in [5.74, 6) is 0.599. The molecule has 0 saturated carbocycles. The minimum Gasteiger partial charge on any atom is -0.121 e. The number of hydrogen-bond acceptors (Lipinski definition) is 1. The minimum absolute atomic E-state index is 0.599. The zero-order valence-electron chi connectivity index (χ0n) is 7.88. The Morgan fingerprint density at radius 3 is 2.31 bits per heavy atom. The predicted molar refractivity (Wildman–Crippen MR) is 61.4 cm³/mol. The van der Waals surface area contributed by atoms with Crippen LogP contribution in [-0.2, 0) is 0 Å². The number of hydrogen-bond donors (Lipinski definition) is 0. The van der Waals surface area contributed by atoms with E-state index in [0.717, 1.165) is 0 Å². The summed E-state index contributed by atoms with van der Waals surface area (Å²) in [4.78, 5) is 2.49. The Hall–Kier alpha value is -0.400. The third kappa shape index (κ3) is 3.45. The van der Waals surface area contributed by atoms with Crippen LogP contribution in [0.25, 0.3) is 0 Å². The van der Waals surface area contributed by atoms with E-state index in [-0.39, 0.29) is 0 Å². The molecule has 0 aliphatic rings. The topological polar surface area (TPSA) is 0 Å². The van der Waals surface area contributed by atoms with E-state index in [9.17, 15) is 0 Å². The molecule has 0 heterocycles. The molecule has 0 aliphatic heterocycles. The second kappa shape index (κ2) is 5.36. The molecule has 0 radical (unpaired) electrons. The van der Waals surface area contributed by atoms with Crippen molar-refractivity contribution in [2.75, 3.05) is 5.88 Å². The molecule has 0 aromatic heterocycles. The molecule has 0 aliphatic carbocycles. The number of alkyl halides is 1. The maximum Gasteiger partial charge on any atom is 0.0536 e. The molecular formula is C11H13ClS. The summed E-state index contributed by atoms with van der Waals surface area (Å²) >= 11 is 7.58. The van der Waals surface area contributed by atoms with Gasteiger partial charge in [0, 0.05) is 9.80 Å². The van der Waals surface area contributed by atoms with Crippen LogP contribution in [-0.4, -0.2) is 5.88 Å². The lowest BCUT2D eigenvalue weighted by molar-refractivity contribution is 1.34. The van der Waals surface area contributed by atoms with Gasteiger partial charge < -0.3 is 0 Å². The van der Waals surface area contributed by atoms with Gasteiger partial charge in [-0.3, -0.25) is 0 Å². The fraction of sp³-hybridized carbons (Fsp3) is 0.273. The lowest BCUT2D eigenvalue weighted by Gasteiger charge is -2.05. The number of benzene rings is 1. The van der Waals surface area contributed by atoms with E-state index in [2.05, 4.69) is 26.0 Å². The van der Waals surface area contributed by atoms with Gasteiger partial charge >= 0.3 is 0 Å². The maximum atomic E-state index is 5.83. The van der Waals surface area contributed by atoms with Crippen LogP contribution in [0.4, 0.5) is 0 Å². The van der Waals surface area contributed by atoms with Crippen molar-refractivity contribution in [3.8, 4) is 0 Å². The highest BCUT2D eigenvalue weighted by Gasteiger charge is 2.00. The van der Waals surface area contributed by atoms with Crippen molar-refractivity contribution in [1.29, 1.82) is 0 Å². The number of allylic oxidation sites excluding steroid dienone is 2. The molecule has 0 amide bonds. The standard InChI is InChI=1S/C11H13ClS/c1-9(2)11(8-12)13-10-6-4-3-5-7-10/h3-7H,8H2,1-2H3.